The zero-order chi connectivity index (χ0) is 18.6. The Morgan fingerprint density at radius 1 is 1.12 bits per heavy atom. The molecule has 0 radical (unpaired) electrons. The molecule has 7 heteroatoms. The van der Waals surface area contributed by atoms with E-state index < -0.39 is 23.5 Å². The molecule has 0 saturated carbocycles. The number of halogens is 4. The molecule has 0 fully saturated rings. The van der Waals surface area contributed by atoms with Gasteiger partial charge in [0.1, 0.15) is 11.6 Å². The number of hydrogen-bond donors (Lipinski definition) is 1. The highest BCUT2D eigenvalue weighted by Crippen LogP contribution is 2.32. The molecule has 0 aliphatic carbocycles. The lowest BCUT2D eigenvalue weighted by atomic mass is 10.1. The van der Waals surface area contributed by atoms with Crippen molar-refractivity contribution in [3.63, 3.8) is 0 Å². The number of amides is 1. The van der Waals surface area contributed by atoms with Gasteiger partial charge < -0.3 is 10.1 Å². The first kappa shape index (κ1) is 18.8. The van der Waals surface area contributed by atoms with Crippen LogP contribution in [0.5, 0.6) is 5.75 Å². The maximum atomic E-state index is 13.0. The van der Waals surface area contributed by atoms with Gasteiger partial charge in [0.25, 0.3) is 5.91 Å². The van der Waals surface area contributed by atoms with Crippen molar-refractivity contribution in [1.29, 1.82) is 0 Å². The number of ether oxygens (including phenoxy) is 1. The van der Waals surface area contributed by atoms with E-state index in [0.29, 0.717) is 11.8 Å². The van der Waals surface area contributed by atoms with Crippen molar-refractivity contribution in [2.24, 2.45) is 0 Å². The predicted molar refractivity (Wildman–Crippen MR) is 84.7 cm³/mol. The second-order valence-corrected chi connectivity index (χ2v) is 5.63. The summed E-state index contributed by atoms with van der Waals surface area (Å²) < 4.78 is 57.1. The largest absolute Gasteiger partial charge is 0.483 e. The van der Waals surface area contributed by atoms with E-state index in [2.05, 4.69) is 5.32 Å². The highest BCUT2D eigenvalue weighted by molar-refractivity contribution is 5.77. The van der Waals surface area contributed by atoms with E-state index in [1.165, 1.54) is 0 Å². The van der Waals surface area contributed by atoms with Crippen molar-refractivity contribution in [2.75, 3.05) is 6.61 Å². The van der Waals surface area contributed by atoms with E-state index in [-0.39, 0.29) is 18.7 Å². The number of nitrogens with one attached hydrogen (secondary N) is 1. The van der Waals surface area contributed by atoms with Crippen LogP contribution in [-0.2, 0) is 17.5 Å². The number of carbonyl (C=O) groups is 1. The molecule has 0 saturated heterocycles. The molecule has 0 unspecified atom stereocenters. The number of alkyl halides is 3. The van der Waals surface area contributed by atoms with Crippen LogP contribution in [0.15, 0.2) is 36.4 Å². The minimum absolute atomic E-state index is 0.214. The molecule has 2 rings (SSSR count). The zero-order valence-electron chi connectivity index (χ0n) is 13.7. The molecule has 0 heterocycles. The number of carbonyl (C=O) groups excluding carboxylic acids is 1. The zero-order valence-corrected chi connectivity index (χ0v) is 13.7. The molecule has 0 aliphatic rings. The number of aryl methyl sites for hydroxylation is 2. The Morgan fingerprint density at radius 3 is 2.52 bits per heavy atom. The minimum atomic E-state index is -4.70. The van der Waals surface area contributed by atoms with E-state index in [9.17, 15) is 22.4 Å². The molecule has 134 valence electrons. The Balaban J connectivity index is 1.98. The average molecular weight is 355 g/mol. The fourth-order valence-electron chi connectivity index (χ4n) is 2.22. The van der Waals surface area contributed by atoms with Crippen molar-refractivity contribution in [1.82, 2.24) is 5.32 Å². The quantitative estimate of drug-likeness (QED) is 0.818. The van der Waals surface area contributed by atoms with Crippen LogP contribution in [0.4, 0.5) is 17.6 Å². The first-order valence-electron chi connectivity index (χ1n) is 7.49. The Labute approximate surface area is 142 Å². The molecule has 25 heavy (non-hydrogen) atoms. The molecule has 2 aromatic rings. The first-order chi connectivity index (χ1) is 11.7. The van der Waals surface area contributed by atoms with Gasteiger partial charge in [-0.05, 0) is 48.7 Å². The van der Waals surface area contributed by atoms with E-state index in [1.54, 1.807) is 6.07 Å². The van der Waals surface area contributed by atoms with Crippen molar-refractivity contribution in [3.8, 4) is 5.75 Å². The number of benzene rings is 2. The molecular weight excluding hydrogens is 338 g/mol. The Morgan fingerprint density at radius 2 is 1.84 bits per heavy atom. The highest BCUT2D eigenvalue weighted by atomic mass is 19.4. The van der Waals surface area contributed by atoms with Gasteiger partial charge in [-0.2, -0.15) is 13.2 Å². The van der Waals surface area contributed by atoms with Gasteiger partial charge in [0.05, 0.1) is 5.56 Å². The molecular formula is C18H17F4NO2. The van der Waals surface area contributed by atoms with Crippen LogP contribution >= 0.6 is 0 Å². The van der Waals surface area contributed by atoms with Crippen LogP contribution in [0.25, 0.3) is 0 Å². The maximum Gasteiger partial charge on any atom is 0.416 e. The molecule has 0 spiro atoms. The molecule has 3 nitrogen and oxygen atoms in total. The lowest BCUT2D eigenvalue weighted by molar-refractivity contribution is -0.138. The van der Waals surface area contributed by atoms with Crippen molar-refractivity contribution >= 4 is 5.91 Å². The second kappa shape index (κ2) is 7.55. The van der Waals surface area contributed by atoms with Gasteiger partial charge >= 0.3 is 6.18 Å². The molecule has 0 aliphatic heterocycles. The summed E-state index contributed by atoms with van der Waals surface area (Å²) in [6.45, 7) is 3.00. The summed E-state index contributed by atoms with van der Waals surface area (Å²) in [6.07, 6.45) is -4.70. The standard InChI is InChI=1S/C18H17F4NO2/c1-11-3-4-12(2)16(7-11)25-10-17(24)23-9-13-5-6-14(19)8-15(13)18(20,21)22/h3-8H,9-10H2,1-2H3,(H,23,24). The highest BCUT2D eigenvalue weighted by Gasteiger charge is 2.33. The third-order valence-electron chi connectivity index (χ3n) is 3.56. The topological polar surface area (TPSA) is 38.3 Å². The molecule has 0 atom stereocenters. The summed E-state index contributed by atoms with van der Waals surface area (Å²) in [5, 5.41) is 2.35. The normalized spacial score (nSPS) is 11.3. The van der Waals surface area contributed by atoms with Gasteiger partial charge in [0.15, 0.2) is 6.61 Å². The summed E-state index contributed by atoms with van der Waals surface area (Å²) in [5.41, 5.74) is 0.482. The summed E-state index contributed by atoms with van der Waals surface area (Å²) in [6, 6.07) is 7.85. The lowest BCUT2D eigenvalue weighted by Crippen LogP contribution is -2.29. The van der Waals surface area contributed by atoms with Gasteiger partial charge in [-0.15, -0.1) is 0 Å². The van der Waals surface area contributed by atoms with Gasteiger partial charge in [0.2, 0.25) is 0 Å². The van der Waals surface area contributed by atoms with Crippen molar-refractivity contribution in [2.45, 2.75) is 26.6 Å². The fourth-order valence-corrected chi connectivity index (χ4v) is 2.22. The Hall–Kier alpha value is -2.57. The molecule has 1 N–H and O–H groups in total. The summed E-state index contributed by atoms with van der Waals surface area (Å²) in [5.74, 6) is -1.02. The fraction of sp³-hybridized carbons (Fsp3) is 0.278. The Kier molecular flexibility index (Phi) is 5.66. The van der Waals surface area contributed by atoms with E-state index in [4.69, 9.17) is 4.74 Å². The molecule has 0 aromatic heterocycles. The smallest absolute Gasteiger partial charge is 0.416 e. The van der Waals surface area contributed by atoms with Gasteiger partial charge in [-0.3, -0.25) is 4.79 Å². The third-order valence-corrected chi connectivity index (χ3v) is 3.56. The predicted octanol–water partition coefficient (Wildman–Crippen LogP) is 4.16. The van der Waals surface area contributed by atoms with Crippen LogP contribution in [-0.4, -0.2) is 12.5 Å². The van der Waals surface area contributed by atoms with Gasteiger partial charge in [-0.25, -0.2) is 4.39 Å². The number of hydrogen-bond acceptors (Lipinski definition) is 2. The van der Waals surface area contributed by atoms with Gasteiger partial charge in [0, 0.05) is 6.54 Å². The van der Waals surface area contributed by atoms with Crippen LogP contribution in [0, 0.1) is 19.7 Å². The van der Waals surface area contributed by atoms with Crippen molar-refractivity contribution in [3.05, 3.63) is 64.5 Å². The Bertz CT molecular complexity index is 772. The van der Waals surface area contributed by atoms with Crippen molar-refractivity contribution < 1.29 is 27.1 Å². The molecule has 1 amide bonds. The van der Waals surface area contributed by atoms with Crippen LogP contribution in [0.3, 0.4) is 0 Å². The summed E-state index contributed by atoms with van der Waals surface area (Å²) in [7, 11) is 0. The van der Waals surface area contributed by atoms with Crippen LogP contribution < -0.4 is 10.1 Å². The summed E-state index contributed by atoms with van der Waals surface area (Å²) >= 11 is 0. The lowest BCUT2D eigenvalue weighted by Gasteiger charge is -2.14. The third kappa shape index (κ3) is 5.20. The van der Waals surface area contributed by atoms with E-state index in [1.807, 2.05) is 26.0 Å². The molecule has 0 bridgehead atoms. The second-order valence-electron chi connectivity index (χ2n) is 5.63. The maximum absolute atomic E-state index is 13.0. The van der Waals surface area contributed by atoms with Gasteiger partial charge in [-0.1, -0.05) is 18.2 Å². The van der Waals surface area contributed by atoms with E-state index in [0.717, 1.165) is 23.3 Å². The average Bonchev–Trinajstić information content (AvgIpc) is 2.53. The van der Waals surface area contributed by atoms with Crippen LogP contribution in [0.2, 0.25) is 0 Å². The first-order valence-corrected chi connectivity index (χ1v) is 7.49. The number of rotatable bonds is 5. The molecule has 2 aromatic carbocycles. The monoisotopic (exact) mass is 355 g/mol. The SMILES string of the molecule is Cc1ccc(C)c(OCC(=O)NCc2ccc(F)cc2C(F)(F)F)c1. The minimum Gasteiger partial charge on any atom is -0.483 e. The van der Waals surface area contributed by atoms with E-state index >= 15 is 0 Å². The van der Waals surface area contributed by atoms with Crippen LogP contribution in [0.1, 0.15) is 22.3 Å². The summed E-state index contributed by atoms with van der Waals surface area (Å²) in [4.78, 5) is 11.8.